The Kier molecular flexibility index (Phi) is 8.87. The van der Waals surface area contributed by atoms with Crippen LogP contribution in [0.25, 0.3) is 10.9 Å². The summed E-state index contributed by atoms with van der Waals surface area (Å²) in [4.78, 5) is 12.1. The first-order valence-corrected chi connectivity index (χ1v) is 12.0. The van der Waals surface area contributed by atoms with Crippen LogP contribution in [0.5, 0.6) is 0 Å². The predicted octanol–water partition coefficient (Wildman–Crippen LogP) is 3.70. The molecule has 1 aromatic heterocycles. The van der Waals surface area contributed by atoms with Gasteiger partial charge in [0, 0.05) is 50.3 Å². The number of likely N-dealkylation sites (N-methyl/N-ethyl adjacent to an activating group) is 2. The molecule has 1 aromatic carbocycles. The lowest BCUT2D eigenvalue weighted by Gasteiger charge is -2.33. The molecule has 170 valence electrons. The Morgan fingerprint density at radius 1 is 1.13 bits per heavy atom. The van der Waals surface area contributed by atoms with Gasteiger partial charge in [-0.25, -0.2) is 4.98 Å². The van der Waals surface area contributed by atoms with Crippen LogP contribution in [0.3, 0.4) is 0 Å². The van der Waals surface area contributed by atoms with Crippen molar-refractivity contribution in [2.75, 3.05) is 69.6 Å². The molecular weight excluding hydrogens is 404 g/mol. The number of anilines is 2. The Bertz CT molecular complexity index is 863. The Hall–Kier alpha value is -1.96. The molecule has 0 spiro atoms. The minimum atomic E-state index is 0.672. The zero-order valence-corrected chi connectivity index (χ0v) is 20.4. The molecule has 0 amide bonds. The summed E-state index contributed by atoms with van der Waals surface area (Å²) in [5, 5.41) is 8.52. The lowest BCUT2D eigenvalue weighted by Crippen LogP contribution is -2.44. The average Bonchev–Trinajstić information content (AvgIpc) is 2.77. The van der Waals surface area contributed by atoms with Gasteiger partial charge >= 0.3 is 0 Å². The summed E-state index contributed by atoms with van der Waals surface area (Å²) in [6.07, 6.45) is 2.48. The third kappa shape index (κ3) is 6.76. The third-order valence-electron chi connectivity index (χ3n) is 6.08. The molecule has 6 nitrogen and oxygen atoms in total. The first kappa shape index (κ1) is 23.7. The molecule has 7 heteroatoms. The molecule has 0 saturated carbocycles. The van der Waals surface area contributed by atoms with E-state index in [1.54, 1.807) is 0 Å². The van der Waals surface area contributed by atoms with Gasteiger partial charge in [-0.05, 0) is 75.5 Å². The van der Waals surface area contributed by atoms with E-state index in [2.05, 4.69) is 77.4 Å². The highest BCUT2D eigenvalue weighted by Gasteiger charge is 2.16. The van der Waals surface area contributed by atoms with Crippen molar-refractivity contribution < 1.29 is 0 Å². The summed E-state index contributed by atoms with van der Waals surface area (Å²) in [7, 11) is 2.18. The molecular formula is C24H38N6S. The molecule has 2 heterocycles. The number of aryl methyl sites for hydroxylation is 1. The number of hydrogen-bond acceptors (Lipinski definition) is 5. The van der Waals surface area contributed by atoms with E-state index in [9.17, 15) is 0 Å². The van der Waals surface area contributed by atoms with Crippen molar-refractivity contribution in [1.82, 2.24) is 20.1 Å². The van der Waals surface area contributed by atoms with Gasteiger partial charge in [-0.3, -0.25) is 0 Å². The summed E-state index contributed by atoms with van der Waals surface area (Å²) in [5.41, 5.74) is 3.28. The number of thiocarbonyl (C=S) groups is 1. The van der Waals surface area contributed by atoms with E-state index in [-0.39, 0.29) is 0 Å². The van der Waals surface area contributed by atoms with Crippen LogP contribution in [0.15, 0.2) is 24.3 Å². The lowest BCUT2D eigenvalue weighted by atomic mass is 10.1. The summed E-state index contributed by atoms with van der Waals surface area (Å²) < 4.78 is 0. The third-order valence-corrected chi connectivity index (χ3v) is 6.32. The second kappa shape index (κ2) is 11.6. The molecule has 0 radical (unpaired) electrons. The second-order valence-electron chi connectivity index (χ2n) is 8.49. The van der Waals surface area contributed by atoms with E-state index in [0.717, 1.165) is 69.4 Å². The summed E-state index contributed by atoms with van der Waals surface area (Å²) in [6.45, 7) is 14.9. The lowest BCUT2D eigenvalue weighted by molar-refractivity contribution is 0.288. The smallest absolute Gasteiger partial charge is 0.170 e. The quantitative estimate of drug-likeness (QED) is 0.574. The van der Waals surface area contributed by atoms with Gasteiger partial charge in [-0.2, -0.15) is 0 Å². The molecule has 2 N–H and O–H groups in total. The van der Waals surface area contributed by atoms with Crippen LogP contribution in [0.4, 0.5) is 11.5 Å². The predicted molar refractivity (Wildman–Crippen MR) is 137 cm³/mol. The van der Waals surface area contributed by atoms with Crippen LogP contribution in [-0.2, 0) is 0 Å². The Balaban J connectivity index is 1.58. The zero-order valence-electron chi connectivity index (χ0n) is 19.6. The summed E-state index contributed by atoms with van der Waals surface area (Å²) in [6, 6.07) is 8.52. The van der Waals surface area contributed by atoms with Gasteiger partial charge in [0.05, 0.1) is 5.52 Å². The van der Waals surface area contributed by atoms with Crippen molar-refractivity contribution in [3.63, 3.8) is 0 Å². The SMILES string of the molecule is CCCCN(CC)CCNC(=S)Nc1ccc2nc(N3CCN(C)CC3)cc(C)c2c1. The molecule has 31 heavy (non-hydrogen) atoms. The van der Waals surface area contributed by atoms with E-state index >= 15 is 0 Å². The fourth-order valence-corrected chi connectivity index (χ4v) is 4.18. The number of nitrogens with zero attached hydrogens (tertiary/aromatic N) is 4. The number of hydrogen-bond donors (Lipinski definition) is 2. The molecule has 0 bridgehead atoms. The van der Waals surface area contributed by atoms with Crippen molar-refractivity contribution in [2.24, 2.45) is 0 Å². The maximum Gasteiger partial charge on any atom is 0.170 e. The Morgan fingerprint density at radius 2 is 1.90 bits per heavy atom. The molecule has 1 aliphatic heterocycles. The molecule has 1 saturated heterocycles. The van der Waals surface area contributed by atoms with Gasteiger partial charge in [-0.1, -0.05) is 20.3 Å². The normalized spacial score (nSPS) is 14.9. The molecule has 1 fully saturated rings. The van der Waals surface area contributed by atoms with Crippen LogP contribution >= 0.6 is 12.2 Å². The number of nitrogens with one attached hydrogen (secondary N) is 2. The van der Waals surface area contributed by atoms with Crippen LogP contribution in [0.1, 0.15) is 32.3 Å². The molecule has 1 aliphatic rings. The highest BCUT2D eigenvalue weighted by molar-refractivity contribution is 7.80. The molecule has 0 aliphatic carbocycles. The van der Waals surface area contributed by atoms with Crippen LogP contribution < -0.4 is 15.5 Å². The maximum absolute atomic E-state index is 5.52. The van der Waals surface area contributed by atoms with E-state index in [1.165, 1.54) is 23.8 Å². The summed E-state index contributed by atoms with van der Waals surface area (Å²) in [5.74, 6) is 1.08. The van der Waals surface area contributed by atoms with Crippen LogP contribution in [0, 0.1) is 6.92 Å². The number of fused-ring (bicyclic) bond motifs is 1. The van der Waals surface area contributed by atoms with Gasteiger partial charge in [0.1, 0.15) is 5.82 Å². The number of pyridine rings is 1. The Morgan fingerprint density at radius 3 is 2.61 bits per heavy atom. The van der Waals surface area contributed by atoms with E-state index < -0.39 is 0 Å². The standard InChI is InChI=1S/C24H38N6S/c1-5-7-11-29(6-2)12-10-25-24(31)26-20-8-9-22-21(18-20)19(3)17-23(27-22)30-15-13-28(4)14-16-30/h8-9,17-18H,5-7,10-16H2,1-4H3,(H2,25,26,31). The van der Waals surface area contributed by atoms with Crippen molar-refractivity contribution in [2.45, 2.75) is 33.6 Å². The number of aromatic nitrogens is 1. The highest BCUT2D eigenvalue weighted by Crippen LogP contribution is 2.26. The van der Waals surface area contributed by atoms with E-state index in [1.807, 2.05) is 0 Å². The molecule has 3 rings (SSSR count). The van der Waals surface area contributed by atoms with E-state index in [4.69, 9.17) is 17.2 Å². The topological polar surface area (TPSA) is 46.7 Å². The first-order chi connectivity index (χ1) is 15.0. The maximum atomic E-state index is 5.52. The van der Waals surface area contributed by atoms with Gasteiger partial charge in [-0.15, -0.1) is 0 Å². The largest absolute Gasteiger partial charge is 0.361 e. The van der Waals surface area contributed by atoms with Crippen molar-refractivity contribution in [1.29, 1.82) is 0 Å². The van der Waals surface area contributed by atoms with Crippen molar-refractivity contribution in [3.05, 3.63) is 29.8 Å². The number of rotatable bonds is 9. The first-order valence-electron chi connectivity index (χ1n) is 11.6. The van der Waals surface area contributed by atoms with Crippen molar-refractivity contribution >= 4 is 39.7 Å². The molecule has 0 unspecified atom stereocenters. The van der Waals surface area contributed by atoms with Gasteiger partial charge < -0.3 is 25.3 Å². The fourth-order valence-electron chi connectivity index (χ4n) is 3.96. The van der Waals surface area contributed by atoms with E-state index in [0.29, 0.717) is 5.11 Å². The monoisotopic (exact) mass is 442 g/mol. The Labute approximate surface area is 193 Å². The van der Waals surface area contributed by atoms with Crippen LogP contribution in [0.2, 0.25) is 0 Å². The zero-order chi connectivity index (χ0) is 22.2. The average molecular weight is 443 g/mol. The molecule has 2 aromatic rings. The highest BCUT2D eigenvalue weighted by atomic mass is 32.1. The minimum absolute atomic E-state index is 0.672. The number of piperazine rings is 1. The number of unbranched alkanes of at least 4 members (excludes halogenated alkanes) is 1. The molecule has 0 atom stereocenters. The number of benzene rings is 1. The van der Waals surface area contributed by atoms with Crippen molar-refractivity contribution in [3.8, 4) is 0 Å². The fraction of sp³-hybridized carbons (Fsp3) is 0.583. The van der Waals surface area contributed by atoms with Gasteiger partial charge in [0.2, 0.25) is 0 Å². The summed E-state index contributed by atoms with van der Waals surface area (Å²) >= 11 is 5.52. The second-order valence-corrected chi connectivity index (χ2v) is 8.90. The van der Waals surface area contributed by atoms with Gasteiger partial charge in [0.15, 0.2) is 5.11 Å². The van der Waals surface area contributed by atoms with Crippen LogP contribution in [-0.4, -0.2) is 79.3 Å². The van der Waals surface area contributed by atoms with Gasteiger partial charge in [0.25, 0.3) is 0 Å². The minimum Gasteiger partial charge on any atom is -0.361 e.